The van der Waals surface area contributed by atoms with E-state index >= 15 is 0 Å². The number of rotatable bonds is 0. The van der Waals surface area contributed by atoms with Crippen molar-refractivity contribution in [2.75, 3.05) is 0 Å². The highest BCUT2D eigenvalue weighted by Crippen LogP contribution is 2.22. The molecule has 3 aliphatic heterocycles. The van der Waals surface area contributed by atoms with Crippen LogP contribution in [-0.4, -0.2) is 53.6 Å². The summed E-state index contributed by atoms with van der Waals surface area (Å²) < 4.78 is 5.43. The molecule has 0 amide bonds. The number of aromatic nitrogens is 11. The van der Waals surface area contributed by atoms with Crippen LogP contribution in [0, 0.1) is 53.3 Å². The molecule has 1 aromatic carbocycles. The number of pyridine rings is 5. The Morgan fingerprint density at radius 2 is 0.800 bits per heavy atom. The van der Waals surface area contributed by atoms with Crippen molar-refractivity contribution >= 4 is 33.0 Å². The topological polar surface area (TPSA) is 169 Å². The Morgan fingerprint density at radius 1 is 0.413 bits per heavy atom. The fraction of sp³-hybridized carbons (Fsp3) is 0.295. The molecular formula is C61H55N11O3. The molecule has 0 bridgehead atoms. The van der Waals surface area contributed by atoms with Crippen molar-refractivity contribution in [1.82, 2.24) is 53.6 Å². The van der Waals surface area contributed by atoms with Crippen LogP contribution >= 0.6 is 0 Å². The highest BCUT2D eigenvalue weighted by atomic mass is 16.1. The first-order valence-electron chi connectivity index (χ1n) is 25.7. The zero-order valence-electron chi connectivity index (χ0n) is 42.3. The van der Waals surface area contributed by atoms with Gasteiger partial charge in [-0.2, -0.15) is 0 Å². The highest BCUT2D eigenvalue weighted by Gasteiger charge is 2.20. The van der Waals surface area contributed by atoms with Gasteiger partial charge in [-0.1, -0.05) is 56.7 Å². The molecule has 0 aliphatic carbocycles. The van der Waals surface area contributed by atoms with Crippen molar-refractivity contribution < 1.29 is 0 Å². The lowest BCUT2D eigenvalue weighted by Gasteiger charge is -2.10. The van der Waals surface area contributed by atoms with Crippen molar-refractivity contribution in [3.8, 4) is 35.5 Å². The minimum atomic E-state index is -0.0432. The number of hydrogen-bond acceptors (Lipinski definition) is 11. The van der Waals surface area contributed by atoms with E-state index in [9.17, 15) is 14.4 Å². The first-order chi connectivity index (χ1) is 36.6. The summed E-state index contributed by atoms with van der Waals surface area (Å²) in [4.78, 5) is 73.7. The molecule has 8 aromatic heterocycles. The van der Waals surface area contributed by atoms with Crippen molar-refractivity contribution in [3.05, 3.63) is 198 Å². The summed E-state index contributed by atoms with van der Waals surface area (Å²) in [6.07, 6.45) is 17.2. The van der Waals surface area contributed by atoms with Crippen LogP contribution in [0.5, 0.6) is 0 Å². The second kappa shape index (κ2) is 22.9. The molecule has 0 saturated heterocycles. The minimum absolute atomic E-state index is 0.0432. The molecule has 14 nitrogen and oxygen atoms in total. The van der Waals surface area contributed by atoms with Gasteiger partial charge >= 0.3 is 0 Å². The van der Waals surface area contributed by atoms with E-state index in [4.69, 9.17) is 15.0 Å². The van der Waals surface area contributed by atoms with Crippen LogP contribution in [0.25, 0.3) is 33.0 Å². The molecule has 372 valence electrons. The van der Waals surface area contributed by atoms with E-state index in [1.165, 1.54) is 0 Å². The smallest absolute Gasteiger partial charge is 0.280 e. The van der Waals surface area contributed by atoms with Crippen molar-refractivity contribution in [2.24, 2.45) is 17.8 Å². The molecule has 0 spiro atoms. The van der Waals surface area contributed by atoms with Crippen LogP contribution < -0.4 is 16.7 Å². The Morgan fingerprint density at radius 3 is 1.21 bits per heavy atom. The van der Waals surface area contributed by atoms with Crippen LogP contribution in [0.1, 0.15) is 111 Å². The molecule has 0 fully saturated rings. The molecule has 3 aliphatic rings. The molecule has 9 aromatic rings. The summed E-state index contributed by atoms with van der Waals surface area (Å²) in [6.45, 7) is 8.89. The van der Waals surface area contributed by atoms with E-state index in [1.807, 2.05) is 89.5 Å². The average Bonchev–Trinajstić information content (AvgIpc) is 3.85. The summed E-state index contributed by atoms with van der Waals surface area (Å²) in [5.74, 6) is 22.7. The first kappa shape index (κ1) is 49.6. The van der Waals surface area contributed by atoms with E-state index < -0.39 is 0 Å². The van der Waals surface area contributed by atoms with E-state index in [-0.39, 0.29) is 16.7 Å². The van der Waals surface area contributed by atoms with Gasteiger partial charge in [0.05, 0.1) is 21.9 Å². The van der Waals surface area contributed by atoms with Gasteiger partial charge in [-0.05, 0) is 141 Å². The van der Waals surface area contributed by atoms with Gasteiger partial charge in [0, 0.05) is 86.6 Å². The zero-order valence-corrected chi connectivity index (χ0v) is 42.3. The molecule has 3 atom stereocenters. The Bertz CT molecular complexity index is 3540. The fourth-order valence-corrected chi connectivity index (χ4v) is 9.37. The van der Waals surface area contributed by atoms with E-state index in [1.54, 1.807) is 40.1 Å². The number of aryl methyl sites for hydroxylation is 3. The minimum Gasteiger partial charge on any atom is -0.296 e. The highest BCUT2D eigenvalue weighted by molar-refractivity contribution is 5.79. The van der Waals surface area contributed by atoms with E-state index in [2.05, 4.69) is 81.2 Å². The number of nitrogens with zero attached hydrogens (tertiary/aromatic N) is 11. The first-order valence-corrected chi connectivity index (χ1v) is 25.7. The largest absolute Gasteiger partial charge is 0.296 e. The molecule has 0 radical (unpaired) electrons. The number of fused-ring (bicyclic) bond motifs is 6. The summed E-state index contributed by atoms with van der Waals surface area (Å²) in [6, 6.07) is 26.2. The van der Waals surface area contributed by atoms with E-state index in [0.717, 1.165) is 123 Å². The molecular weight excluding hydrogens is 935 g/mol. The predicted molar refractivity (Wildman–Crippen MR) is 291 cm³/mol. The molecule has 14 heteroatoms. The van der Waals surface area contributed by atoms with Crippen LogP contribution in [0.4, 0.5) is 0 Å². The van der Waals surface area contributed by atoms with Gasteiger partial charge in [0.15, 0.2) is 11.0 Å². The Hall–Kier alpha value is -8.93. The fourth-order valence-electron chi connectivity index (χ4n) is 9.37. The zero-order chi connectivity index (χ0) is 51.7. The van der Waals surface area contributed by atoms with Gasteiger partial charge in [-0.3, -0.25) is 28.1 Å². The summed E-state index contributed by atoms with van der Waals surface area (Å²) >= 11 is 0. The molecule has 0 saturated carbocycles. The van der Waals surface area contributed by atoms with Gasteiger partial charge in [-0.15, -0.1) is 0 Å². The van der Waals surface area contributed by atoms with Gasteiger partial charge in [0.1, 0.15) is 34.6 Å². The van der Waals surface area contributed by atoms with Crippen LogP contribution in [-0.2, 0) is 38.9 Å². The molecule has 0 N–H and O–H groups in total. The monoisotopic (exact) mass is 989 g/mol. The summed E-state index contributed by atoms with van der Waals surface area (Å²) in [5.41, 5.74) is 7.24. The van der Waals surface area contributed by atoms with Gasteiger partial charge in [-0.25, -0.2) is 39.9 Å². The standard InChI is InChI=1S/C21H19N3O.2C20H18N4O/c1-15-5-10-20-23-19-14-16(6-8-17-4-2-3-12-22-17)7-9-18(19)21(25)24(20)13-11-15;2*1-14-5-8-18-23-17-12-15(6-7-16-4-2-3-10-21-16)13-22-19(17)20(25)24(18)11-9-14/h2-4,7,9,12,14-15H,5,10-11,13H2,1H3;2*2-4,10,12-14H,5,8-9,11H2,1H3. The van der Waals surface area contributed by atoms with Crippen molar-refractivity contribution in [1.29, 1.82) is 0 Å². The quantitative estimate of drug-likeness (QED) is 0.134. The summed E-state index contributed by atoms with van der Waals surface area (Å²) in [5, 5.41) is 0.668. The third-order valence-corrected chi connectivity index (χ3v) is 13.9. The van der Waals surface area contributed by atoms with Gasteiger partial charge in [0.2, 0.25) is 0 Å². The molecule has 3 unspecified atom stereocenters. The molecule has 11 heterocycles. The number of benzene rings is 1. The summed E-state index contributed by atoms with van der Waals surface area (Å²) in [7, 11) is 0. The maximum Gasteiger partial charge on any atom is 0.280 e. The van der Waals surface area contributed by atoms with E-state index in [0.29, 0.717) is 56.6 Å². The van der Waals surface area contributed by atoms with Gasteiger partial charge < -0.3 is 0 Å². The second-order valence-corrected chi connectivity index (χ2v) is 19.6. The maximum absolute atomic E-state index is 12.8. The van der Waals surface area contributed by atoms with Crippen LogP contribution in [0.3, 0.4) is 0 Å². The van der Waals surface area contributed by atoms with Crippen LogP contribution in [0.2, 0.25) is 0 Å². The Labute approximate surface area is 434 Å². The number of hydrogen-bond donors (Lipinski definition) is 0. The lowest BCUT2D eigenvalue weighted by Crippen LogP contribution is -2.25. The predicted octanol–water partition coefficient (Wildman–Crippen LogP) is 8.28. The molecule has 12 rings (SSSR count). The third kappa shape index (κ3) is 12.0. The Balaban J connectivity index is 0.000000128. The molecule has 75 heavy (non-hydrogen) atoms. The normalized spacial score (nSPS) is 16.6. The average molecular weight is 990 g/mol. The SMILES string of the molecule is CC1CCc2nc3cc(C#Cc4ccccn4)ccc3c(=O)n2CC1.CC1CCc2nc3cc(C#Cc4ccccn4)cnc3c(=O)n2CC1.CC1CCc2nc3cc(C#Cc4ccccn4)cnc3c(=O)n2CC1. The third-order valence-electron chi connectivity index (χ3n) is 13.9. The van der Waals surface area contributed by atoms with Gasteiger partial charge in [0.25, 0.3) is 16.7 Å². The van der Waals surface area contributed by atoms with Crippen molar-refractivity contribution in [2.45, 2.75) is 98.2 Å². The van der Waals surface area contributed by atoms with Crippen molar-refractivity contribution in [3.63, 3.8) is 0 Å². The lowest BCUT2D eigenvalue weighted by molar-refractivity contribution is 0.483. The lowest BCUT2D eigenvalue weighted by atomic mass is 10.0. The second-order valence-electron chi connectivity index (χ2n) is 19.6. The Kier molecular flexibility index (Phi) is 15.1. The van der Waals surface area contributed by atoms with Crippen LogP contribution in [0.15, 0.2) is 130 Å². The maximum atomic E-state index is 12.8.